The Morgan fingerprint density at radius 1 is 0.871 bits per heavy atom. The molecule has 0 bridgehead atoms. The zero-order valence-electron chi connectivity index (χ0n) is 17.2. The summed E-state index contributed by atoms with van der Waals surface area (Å²) >= 11 is 3.47. The van der Waals surface area contributed by atoms with Gasteiger partial charge in [-0.2, -0.15) is 0 Å². The largest absolute Gasteiger partial charge is 0.497 e. The number of carbonyl (C=O) groups excluding carboxylic acids is 2. The van der Waals surface area contributed by atoms with E-state index in [-0.39, 0.29) is 18.4 Å². The van der Waals surface area contributed by atoms with Crippen LogP contribution in [0.25, 0.3) is 10.8 Å². The fourth-order valence-corrected chi connectivity index (χ4v) is 4.00. The van der Waals surface area contributed by atoms with Crippen molar-refractivity contribution in [2.24, 2.45) is 0 Å². The Morgan fingerprint density at radius 2 is 1.58 bits per heavy atom. The lowest BCUT2D eigenvalue weighted by Gasteiger charge is -2.34. The van der Waals surface area contributed by atoms with Crippen LogP contribution in [0.2, 0.25) is 0 Å². The van der Waals surface area contributed by atoms with Crippen LogP contribution in [-0.2, 0) is 4.79 Å². The molecular formula is C24H23BrN2O4. The highest BCUT2D eigenvalue weighted by atomic mass is 79.9. The number of carbonyl (C=O) groups is 2. The monoisotopic (exact) mass is 482 g/mol. The molecule has 1 aliphatic heterocycles. The first-order valence-corrected chi connectivity index (χ1v) is 10.9. The highest BCUT2D eigenvalue weighted by Crippen LogP contribution is 2.24. The molecule has 0 aromatic heterocycles. The van der Waals surface area contributed by atoms with Gasteiger partial charge in [0.2, 0.25) is 0 Å². The first kappa shape index (κ1) is 21.2. The summed E-state index contributed by atoms with van der Waals surface area (Å²) in [6.07, 6.45) is 0. The summed E-state index contributed by atoms with van der Waals surface area (Å²) < 4.78 is 11.9. The Bertz CT molecular complexity index is 1110. The van der Waals surface area contributed by atoms with Gasteiger partial charge in [0.1, 0.15) is 11.5 Å². The topological polar surface area (TPSA) is 59.1 Å². The molecule has 0 aliphatic carbocycles. The molecule has 1 saturated heterocycles. The summed E-state index contributed by atoms with van der Waals surface area (Å²) in [4.78, 5) is 28.8. The van der Waals surface area contributed by atoms with Gasteiger partial charge < -0.3 is 19.3 Å². The van der Waals surface area contributed by atoms with E-state index < -0.39 is 0 Å². The van der Waals surface area contributed by atoms with Crippen LogP contribution < -0.4 is 9.47 Å². The van der Waals surface area contributed by atoms with Gasteiger partial charge in [-0.25, -0.2) is 0 Å². The lowest BCUT2D eigenvalue weighted by atomic mass is 10.1. The van der Waals surface area contributed by atoms with Crippen LogP contribution in [0.3, 0.4) is 0 Å². The van der Waals surface area contributed by atoms with Crippen molar-refractivity contribution in [2.75, 3.05) is 39.9 Å². The Kier molecular flexibility index (Phi) is 6.42. The molecule has 1 fully saturated rings. The second-order valence-electron chi connectivity index (χ2n) is 7.35. The van der Waals surface area contributed by atoms with Crippen molar-refractivity contribution in [2.45, 2.75) is 0 Å². The average Bonchev–Trinajstić information content (AvgIpc) is 2.82. The lowest BCUT2D eigenvalue weighted by Crippen LogP contribution is -2.51. The highest BCUT2D eigenvalue weighted by Gasteiger charge is 2.25. The van der Waals surface area contributed by atoms with Gasteiger partial charge in [0.25, 0.3) is 11.8 Å². The van der Waals surface area contributed by atoms with Crippen molar-refractivity contribution >= 4 is 38.5 Å². The summed E-state index contributed by atoms with van der Waals surface area (Å²) in [5, 5.41) is 2.16. The summed E-state index contributed by atoms with van der Waals surface area (Å²) in [5.41, 5.74) is 0.589. The van der Waals surface area contributed by atoms with Crippen molar-refractivity contribution in [3.63, 3.8) is 0 Å². The normalized spacial score (nSPS) is 13.9. The smallest absolute Gasteiger partial charge is 0.260 e. The number of ether oxygens (including phenoxy) is 2. The van der Waals surface area contributed by atoms with Gasteiger partial charge in [-0.3, -0.25) is 9.59 Å². The molecule has 0 saturated carbocycles. The lowest BCUT2D eigenvalue weighted by molar-refractivity contribution is -0.134. The Balaban J connectivity index is 1.30. The summed E-state index contributed by atoms with van der Waals surface area (Å²) in [6.45, 7) is 1.94. The molecule has 3 aromatic rings. The highest BCUT2D eigenvalue weighted by molar-refractivity contribution is 9.10. The third kappa shape index (κ3) is 4.99. The summed E-state index contributed by atoms with van der Waals surface area (Å²) in [5.74, 6) is 1.18. The van der Waals surface area contributed by atoms with Gasteiger partial charge in [-0.15, -0.1) is 0 Å². The molecule has 0 atom stereocenters. The maximum absolute atomic E-state index is 12.7. The molecule has 0 radical (unpaired) electrons. The third-order valence-corrected chi connectivity index (χ3v) is 5.87. The van der Waals surface area contributed by atoms with Crippen molar-refractivity contribution in [3.05, 3.63) is 70.7 Å². The molecule has 2 amide bonds. The van der Waals surface area contributed by atoms with Gasteiger partial charge in [-0.1, -0.05) is 34.1 Å². The number of hydrogen-bond donors (Lipinski definition) is 0. The first-order chi connectivity index (χ1) is 15.0. The molecular weight excluding hydrogens is 460 g/mol. The van der Waals surface area contributed by atoms with E-state index >= 15 is 0 Å². The third-order valence-electron chi connectivity index (χ3n) is 5.37. The van der Waals surface area contributed by atoms with E-state index in [1.807, 2.05) is 42.5 Å². The number of fused-ring (bicyclic) bond motifs is 1. The number of rotatable bonds is 5. The van der Waals surface area contributed by atoms with E-state index in [4.69, 9.17) is 9.47 Å². The van der Waals surface area contributed by atoms with Crippen LogP contribution in [0.1, 0.15) is 10.4 Å². The van der Waals surface area contributed by atoms with Crippen LogP contribution in [0.4, 0.5) is 0 Å². The summed E-state index contributed by atoms with van der Waals surface area (Å²) in [6, 6.07) is 18.9. The fraction of sp³-hybridized carbons (Fsp3) is 0.250. The fourth-order valence-electron chi connectivity index (χ4n) is 3.62. The second kappa shape index (κ2) is 9.39. The van der Waals surface area contributed by atoms with Crippen LogP contribution in [-0.4, -0.2) is 61.5 Å². The van der Waals surface area contributed by atoms with E-state index in [2.05, 4.69) is 15.9 Å². The van der Waals surface area contributed by atoms with Crippen molar-refractivity contribution < 1.29 is 19.1 Å². The predicted octanol–water partition coefficient (Wildman–Crippen LogP) is 3.97. The van der Waals surface area contributed by atoms with E-state index in [1.165, 1.54) is 0 Å². The van der Waals surface area contributed by atoms with Gasteiger partial charge in [0.15, 0.2) is 6.61 Å². The zero-order chi connectivity index (χ0) is 21.8. The van der Waals surface area contributed by atoms with Crippen LogP contribution >= 0.6 is 15.9 Å². The second-order valence-corrected chi connectivity index (χ2v) is 8.26. The van der Waals surface area contributed by atoms with E-state index in [0.29, 0.717) is 43.2 Å². The maximum atomic E-state index is 12.7. The standard InChI is InChI=1S/C24H23BrN2O4/c1-30-21-4-2-3-19(15-21)24(29)27-11-9-26(10-12-27)23(28)16-31-22-8-6-17-13-20(25)7-5-18(17)14-22/h2-8,13-15H,9-12,16H2,1H3. The number of methoxy groups -OCH3 is 1. The van der Waals surface area contributed by atoms with E-state index in [1.54, 1.807) is 35.1 Å². The van der Waals surface area contributed by atoms with Crippen molar-refractivity contribution in [1.82, 2.24) is 9.80 Å². The number of nitrogens with zero attached hydrogens (tertiary/aromatic N) is 2. The molecule has 0 unspecified atom stereocenters. The minimum atomic E-state index is -0.0793. The molecule has 6 nitrogen and oxygen atoms in total. The van der Waals surface area contributed by atoms with Gasteiger partial charge >= 0.3 is 0 Å². The number of amides is 2. The molecule has 160 valence electrons. The van der Waals surface area contributed by atoms with E-state index in [0.717, 1.165) is 15.2 Å². The number of benzene rings is 3. The number of hydrogen-bond acceptors (Lipinski definition) is 4. The van der Waals surface area contributed by atoms with Crippen LogP contribution in [0.5, 0.6) is 11.5 Å². The quantitative estimate of drug-likeness (QED) is 0.551. The minimum absolute atomic E-state index is 0.0220. The molecule has 1 heterocycles. The molecule has 31 heavy (non-hydrogen) atoms. The molecule has 7 heteroatoms. The van der Waals surface area contributed by atoms with Gasteiger partial charge in [0, 0.05) is 36.2 Å². The van der Waals surface area contributed by atoms with Crippen LogP contribution in [0, 0.1) is 0 Å². The molecule has 0 N–H and O–H groups in total. The SMILES string of the molecule is COc1cccc(C(=O)N2CCN(C(=O)COc3ccc4cc(Br)ccc4c3)CC2)c1. The molecule has 4 rings (SSSR count). The Hall–Kier alpha value is -3.06. The zero-order valence-corrected chi connectivity index (χ0v) is 18.8. The molecule has 0 spiro atoms. The Labute approximate surface area is 189 Å². The predicted molar refractivity (Wildman–Crippen MR) is 123 cm³/mol. The first-order valence-electron chi connectivity index (χ1n) is 10.1. The van der Waals surface area contributed by atoms with Gasteiger partial charge in [-0.05, 0) is 53.2 Å². The molecule has 1 aliphatic rings. The number of piperazine rings is 1. The number of halogens is 1. The minimum Gasteiger partial charge on any atom is -0.497 e. The van der Waals surface area contributed by atoms with Crippen molar-refractivity contribution in [3.8, 4) is 11.5 Å². The van der Waals surface area contributed by atoms with Crippen LogP contribution in [0.15, 0.2) is 65.1 Å². The summed E-state index contributed by atoms with van der Waals surface area (Å²) in [7, 11) is 1.58. The molecule has 3 aromatic carbocycles. The average molecular weight is 483 g/mol. The van der Waals surface area contributed by atoms with Crippen molar-refractivity contribution in [1.29, 1.82) is 0 Å². The van der Waals surface area contributed by atoms with Gasteiger partial charge in [0.05, 0.1) is 7.11 Å². The Morgan fingerprint density at radius 3 is 2.35 bits per heavy atom. The van der Waals surface area contributed by atoms with E-state index in [9.17, 15) is 9.59 Å². The maximum Gasteiger partial charge on any atom is 0.260 e.